The van der Waals surface area contributed by atoms with E-state index in [0.717, 1.165) is 12.1 Å². The summed E-state index contributed by atoms with van der Waals surface area (Å²) in [6.07, 6.45) is 8.23. The number of hydrogen-bond donors (Lipinski definition) is 1. The predicted molar refractivity (Wildman–Crippen MR) is 71.1 cm³/mol. The van der Waals surface area contributed by atoms with Crippen molar-refractivity contribution in [1.82, 2.24) is 4.98 Å². The molecule has 94 valence electrons. The Balaban J connectivity index is 2.00. The van der Waals surface area contributed by atoms with Crippen LogP contribution >= 0.6 is 0 Å². The zero-order valence-electron chi connectivity index (χ0n) is 10.4. The molecule has 1 aliphatic carbocycles. The topological polar surface area (TPSA) is 52.0 Å². The van der Waals surface area contributed by atoms with Gasteiger partial charge in [-0.1, -0.05) is 25.0 Å². The number of benzene rings is 1. The first kappa shape index (κ1) is 11.5. The number of rotatable bonds is 3. The van der Waals surface area contributed by atoms with E-state index in [1.807, 2.05) is 6.07 Å². The summed E-state index contributed by atoms with van der Waals surface area (Å²) in [4.78, 5) is 4.20. The van der Waals surface area contributed by atoms with E-state index in [9.17, 15) is 0 Å². The van der Waals surface area contributed by atoms with Crippen LogP contribution in [0.1, 0.15) is 31.2 Å². The maximum atomic E-state index is 6.03. The van der Waals surface area contributed by atoms with Gasteiger partial charge in [-0.15, -0.1) is 0 Å². The lowest BCUT2D eigenvalue weighted by Crippen LogP contribution is -2.31. The standard InChI is InChI=1S/C15H18N2O/c16-11-15(6-1-2-7-15)13-5-3-4-12(10-13)14-17-8-9-18-14/h3-5,8-10H,1-2,6-7,11,16H2. The van der Waals surface area contributed by atoms with E-state index in [4.69, 9.17) is 10.2 Å². The Labute approximate surface area is 107 Å². The second-order valence-electron chi connectivity index (χ2n) is 5.11. The molecule has 1 aromatic heterocycles. The third-order valence-corrected chi connectivity index (χ3v) is 4.11. The van der Waals surface area contributed by atoms with Crippen LogP contribution in [0.15, 0.2) is 41.1 Å². The minimum atomic E-state index is 0.169. The molecule has 18 heavy (non-hydrogen) atoms. The smallest absolute Gasteiger partial charge is 0.225 e. The van der Waals surface area contributed by atoms with Crippen LogP contribution in [0.5, 0.6) is 0 Å². The van der Waals surface area contributed by atoms with Crippen LogP contribution in [0.2, 0.25) is 0 Å². The van der Waals surface area contributed by atoms with E-state index in [0.29, 0.717) is 5.89 Å². The van der Waals surface area contributed by atoms with E-state index in [2.05, 4.69) is 23.2 Å². The Kier molecular flexibility index (Phi) is 2.92. The molecule has 2 aromatic rings. The van der Waals surface area contributed by atoms with Crippen molar-refractivity contribution in [3.05, 3.63) is 42.3 Å². The van der Waals surface area contributed by atoms with Crippen LogP contribution in [-0.2, 0) is 5.41 Å². The number of nitrogens with two attached hydrogens (primary N) is 1. The van der Waals surface area contributed by atoms with Crippen molar-refractivity contribution in [2.45, 2.75) is 31.1 Å². The van der Waals surface area contributed by atoms with Gasteiger partial charge in [0, 0.05) is 17.5 Å². The fraction of sp³-hybridized carbons (Fsp3) is 0.400. The highest BCUT2D eigenvalue weighted by Gasteiger charge is 2.34. The average molecular weight is 242 g/mol. The fourth-order valence-electron chi connectivity index (χ4n) is 3.01. The second kappa shape index (κ2) is 4.58. The zero-order valence-corrected chi connectivity index (χ0v) is 10.4. The highest BCUT2D eigenvalue weighted by molar-refractivity contribution is 5.55. The first-order valence-corrected chi connectivity index (χ1v) is 6.55. The average Bonchev–Trinajstić information content (AvgIpc) is 3.11. The number of aromatic nitrogens is 1. The molecule has 0 amide bonds. The Morgan fingerprint density at radius 2 is 2.11 bits per heavy atom. The first-order chi connectivity index (χ1) is 8.84. The van der Waals surface area contributed by atoms with E-state index in [1.165, 1.54) is 31.2 Å². The van der Waals surface area contributed by atoms with Crippen molar-refractivity contribution in [2.75, 3.05) is 6.54 Å². The van der Waals surface area contributed by atoms with Gasteiger partial charge in [-0.05, 0) is 30.5 Å². The van der Waals surface area contributed by atoms with Crippen LogP contribution in [0.25, 0.3) is 11.5 Å². The molecule has 1 heterocycles. The third-order valence-electron chi connectivity index (χ3n) is 4.11. The summed E-state index contributed by atoms with van der Waals surface area (Å²) in [6, 6.07) is 8.48. The molecule has 0 aliphatic heterocycles. The minimum Gasteiger partial charge on any atom is -0.445 e. The summed E-state index contributed by atoms with van der Waals surface area (Å²) >= 11 is 0. The van der Waals surface area contributed by atoms with Gasteiger partial charge in [0.1, 0.15) is 6.26 Å². The van der Waals surface area contributed by atoms with Gasteiger partial charge < -0.3 is 10.2 Å². The van der Waals surface area contributed by atoms with Gasteiger partial charge in [0.15, 0.2) is 0 Å². The summed E-state index contributed by atoms with van der Waals surface area (Å²) in [6.45, 7) is 0.724. The lowest BCUT2D eigenvalue weighted by atomic mass is 9.78. The van der Waals surface area contributed by atoms with Crippen molar-refractivity contribution in [3.8, 4) is 11.5 Å². The molecule has 3 nitrogen and oxygen atoms in total. The van der Waals surface area contributed by atoms with Gasteiger partial charge in [0.05, 0.1) is 6.20 Å². The third kappa shape index (κ3) is 1.85. The summed E-state index contributed by atoms with van der Waals surface area (Å²) in [7, 11) is 0. The molecule has 0 radical (unpaired) electrons. The largest absolute Gasteiger partial charge is 0.445 e. The van der Waals surface area contributed by atoms with Gasteiger partial charge in [0.25, 0.3) is 0 Å². The molecular formula is C15H18N2O. The summed E-state index contributed by atoms with van der Waals surface area (Å²) in [5, 5.41) is 0. The highest BCUT2D eigenvalue weighted by atomic mass is 16.3. The molecular weight excluding hydrogens is 224 g/mol. The molecule has 0 spiro atoms. The molecule has 0 unspecified atom stereocenters. The lowest BCUT2D eigenvalue weighted by molar-refractivity contribution is 0.453. The Bertz CT molecular complexity index is 513. The van der Waals surface area contributed by atoms with Gasteiger partial charge in [-0.3, -0.25) is 0 Å². The highest BCUT2D eigenvalue weighted by Crippen LogP contribution is 2.41. The maximum absolute atomic E-state index is 6.03. The van der Waals surface area contributed by atoms with Crippen LogP contribution in [0.3, 0.4) is 0 Å². The Morgan fingerprint density at radius 3 is 2.78 bits per heavy atom. The minimum absolute atomic E-state index is 0.169. The van der Waals surface area contributed by atoms with E-state index in [1.54, 1.807) is 12.5 Å². The molecule has 0 saturated heterocycles. The van der Waals surface area contributed by atoms with Crippen LogP contribution < -0.4 is 5.73 Å². The number of nitrogens with zero attached hydrogens (tertiary/aromatic N) is 1. The molecule has 0 atom stereocenters. The summed E-state index contributed by atoms with van der Waals surface area (Å²) in [5.74, 6) is 0.682. The van der Waals surface area contributed by atoms with E-state index in [-0.39, 0.29) is 5.41 Å². The molecule has 1 saturated carbocycles. The second-order valence-corrected chi connectivity index (χ2v) is 5.11. The van der Waals surface area contributed by atoms with Gasteiger partial charge in [-0.25, -0.2) is 4.98 Å². The monoisotopic (exact) mass is 242 g/mol. The van der Waals surface area contributed by atoms with Crippen LogP contribution in [0.4, 0.5) is 0 Å². The number of oxazole rings is 1. The van der Waals surface area contributed by atoms with E-state index < -0.39 is 0 Å². The summed E-state index contributed by atoms with van der Waals surface area (Å²) in [5.41, 5.74) is 8.57. The van der Waals surface area contributed by atoms with Crippen molar-refractivity contribution >= 4 is 0 Å². The molecule has 3 rings (SSSR count). The predicted octanol–water partition coefficient (Wildman–Crippen LogP) is 3.11. The normalized spacial score (nSPS) is 18.1. The molecule has 1 fully saturated rings. The Morgan fingerprint density at radius 1 is 1.28 bits per heavy atom. The van der Waals surface area contributed by atoms with Crippen LogP contribution in [0, 0.1) is 0 Å². The molecule has 2 N–H and O–H groups in total. The quantitative estimate of drug-likeness (QED) is 0.899. The molecule has 1 aromatic carbocycles. The van der Waals surface area contributed by atoms with Crippen molar-refractivity contribution < 1.29 is 4.42 Å². The van der Waals surface area contributed by atoms with Crippen molar-refractivity contribution in [3.63, 3.8) is 0 Å². The zero-order chi connectivity index (χ0) is 12.4. The van der Waals surface area contributed by atoms with Crippen molar-refractivity contribution in [1.29, 1.82) is 0 Å². The van der Waals surface area contributed by atoms with Gasteiger partial charge in [-0.2, -0.15) is 0 Å². The van der Waals surface area contributed by atoms with E-state index >= 15 is 0 Å². The maximum Gasteiger partial charge on any atom is 0.225 e. The SMILES string of the molecule is NCC1(c2cccc(-c3ncco3)c2)CCCC1. The lowest BCUT2D eigenvalue weighted by Gasteiger charge is -2.28. The fourth-order valence-corrected chi connectivity index (χ4v) is 3.01. The first-order valence-electron chi connectivity index (χ1n) is 6.55. The Hall–Kier alpha value is -1.61. The van der Waals surface area contributed by atoms with Gasteiger partial charge in [0.2, 0.25) is 5.89 Å². The van der Waals surface area contributed by atoms with Crippen LogP contribution in [-0.4, -0.2) is 11.5 Å². The summed E-state index contributed by atoms with van der Waals surface area (Å²) < 4.78 is 5.36. The molecule has 1 aliphatic rings. The van der Waals surface area contributed by atoms with Gasteiger partial charge >= 0.3 is 0 Å². The number of hydrogen-bond acceptors (Lipinski definition) is 3. The molecule has 3 heteroatoms. The molecule has 0 bridgehead atoms. The van der Waals surface area contributed by atoms with Crippen molar-refractivity contribution in [2.24, 2.45) is 5.73 Å².